The third kappa shape index (κ3) is 5.06. The van der Waals surface area contributed by atoms with Crippen LogP contribution in [-0.2, 0) is 12.7 Å². The van der Waals surface area contributed by atoms with Gasteiger partial charge in [-0.2, -0.15) is 13.2 Å². The second-order valence-electron chi connectivity index (χ2n) is 5.43. The number of nitrogens with zero attached hydrogens (tertiary/aromatic N) is 1. The van der Waals surface area contributed by atoms with Gasteiger partial charge in [-0.3, -0.25) is 4.79 Å². The minimum atomic E-state index is -4.50. The molecule has 0 aromatic carbocycles. The highest BCUT2D eigenvalue weighted by Crippen LogP contribution is 2.28. The fraction of sp³-hybridized carbons (Fsp3) is 0.615. The molecular weight excluding hydrogens is 257 g/mol. The molecule has 108 valence electrons. The van der Waals surface area contributed by atoms with Crippen LogP contribution in [0.5, 0.6) is 0 Å². The predicted molar refractivity (Wildman–Crippen MR) is 68.1 cm³/mol. The summed E-state index contributed by atoms with van der Waals surface area (Å²) < 4.78 is 39.0. The first kappa shape index (κ1) is 15.8. The Balaban J connectivity index is 2.76. The largest absolute Gasteiger partial charge is 0.431 e. The lowest BCUT2D eigenvalue weighted by Crippen LogP contribution is -2.37. The fourth-order valence-corrected chi connectivity index (χ4v) is 1.70. The maximum absolute atomic E-state index is 12.8. The van der Waals surface area contributed by atoms with Crippen molar-refractivity contribution in [2.24, 2.45) is 0 Å². The number of alkyl halides is 3. The van der Waals surface area contributed by atoms with Gasteiger partial charge in [0.25, 0.3) is 5.56 Å². The molecule has 0 spiro atoms. The molecule has 0 radical (unpaired) electrons. The van der Waals surface area contributed by atoms with E-state index < -0.39 is 17.4 Å². The van der Waals surface area contributed by atoms with Gasteiger partial charge in [-0.1, -0.05) is 6.07 Å². The van der Waals surface area contributed by atoms with Crippen LogP contribution in [0.4, 0.5) is 13.2 Å². The molecule has 0 aliphatic carbocycles. The quantitative estimate of drug-likeness (QED) is 0.858. The topological polar surface area (TPSA) is 34.0 Å². The molecule has 0 saturated heterocycles. The van der Waals surface area contributed by atoms with Crippen molar-refractivity contribution < 1.29 is 13.2 Å². The summed E-state index contributed by atoms with van der Waals surface area (Å²) in [7, 11) is 0. The molecule has 0 saturated carbocycles. The van der Waals surface area contributed by atoms with Crippen molar-refractivity contribution >= 4 is 0 Å². The Kier molecular flexibility index (Phi) is 4.79. The Morgan fingerprint density at radius 3 is 2.37 bits per heavy atom. The highest BCUT2D eigenvalue weighted by atomic mass is 19.4. The van der Waals surface area contributed by atoms with Gasteiger partial charge in [0, 0.05) is 18.2 Å². The van der Waals surface area contributed by atoms with Crippen molar-refractivity contribution in [3.05, 3.63) is 34.2 Å². The minimum absolute atomic E-state index is 0.0532. The van der Waals surface area contributed by atoms with Gasteiger partial charge in [0.15, 0.2) is 0 Å². The zero-order chi connectivity index (χ0) is 14.7. The van der Waals surface area contributed by atoms with E-state index in [-0.39, 0.29) is 12.1 Å². The van der Waals surface area contributed by atoms with Crippen molar-refractivity contribution in [2.45, 2.75) is 45.5 Å². The first-order chi connectivity index (χ1) is 8.61. The van der Waals surface area contributed by atoms with Gasteiger partial charge < -0.3 is 9.88 Å². The molecule has 1 N–H and O–H groups in total. The van der Waals surface area contributed by atoms with E-state index in [1.165, 1.54) is 0 Å². The van der Waals surface area contributed by atoms with Crippen LogP contribution in [0, 0.1) is 0 Å². The normalized spacial score (nSPS) is 12.7. The van der Waals surface area contributed by atoms with Gasteiger partial charge in [-0.15, -0.1) is 0 Å². The van der Waals surface area contributed by atoms with E-state index in [2.05, 4.69) is 5.32 Å². The number of hydrogen-bond acceptors (Lipinski definition) is 2. The number of rotatable bonds is 4. The number of halogens is 3. The molecular formula is C13H19F3N2O. The number of pyridine rings is 1. The van der Waals surface area contributed by atoms with E-state index in [9.17, 15) is 18.0 Å². The average Bonchev–Trinajstić information content (AvgIpc) is 2.23. The molecule has 0 atom stereocenters. The first-order valence-corrected chi connectivity index (χ1v) is 6.13. The van der Waals surface area contributed by atoms with Gasteiger partial charge >= 0.3 is 6.18 Å². The van der Waals surface area contributed by atoms with E-state index in [1.54, 1.807) is 0 Å². The molecule has 3 nitrogen and oxygen atoms in total. The lowest BCUT2D eigenvalue weighted by atomic mass is 10.1. The van der Waals surface area contributed by atoms with Crippen molar-refractivity contribution in [3.63, 3.8) is 0 Å². The molecule has 1 aromatic rings. The first-order valence-electron chi connectivity index (χ1n) is 6.13. The highest BCUT2D eigenvalue weighted by Gasteiger charge is 2.33. The second-order valence-corrected chi connectivity index (χ2v) is 5.43. The summed E-state index contributed by atoms with van der Waals surface area (Å²) >= 11 is 0. The summed E-state index contributed by atoms with van der Waals surface area (Å²) in [6.45, 7) is 6.54. The van der Waals surface area contributed by atoms with Crippen LogP contribution in [-0.4, -0.2) is 16.7 Å². The van der Waals surface area contributed by atoms with Crippen LogP contribution in [0.2, 0.25) is 0 Å². The standard InChI is InChI=1S/C13H19F3N2O/c1-12(2,3)17-8-5-9-18-10(13(14,15)16)6-4-7-11(18)19/h4,6-7,17H,5,8-9H2,1-3H3. The number of aromatic nitrogens is 1. The molecule has 0 fully saturated rings. The maximum Gasteiger partial charge on any atom is 0.431 e. The van der Waals surface area contributed by atoms with Crippen LogP contribution < -0.4 is 10.9 Å². The smallest absolute Gasteiger partial charge is 0.312 e. The Morgan fingerprint density at radius 1 is 1.21 bits per heavy atom. The van der Waals surface area contributed by atoms with Crippen LogP contribution in [0.1, 0.15) is 32.9 Å². The van der Waals surface area contributed by atoms with Crippen molar-refractivity contribution in [2.75, 3.05) is 6.54 Å². The molecule has 6 heteroatoms. The lowest BCUT2D eigenvalue weighted by Gasteiger charge is -2.21. The van der Waals surface area contributed by atoms with Crippen LogP contribution >= 0.6 is 0 Å². The molecule has 1 aromatic heterocycles. The molecule has 0 unspecified atom stereocenters. The molecule has 0 amide bonds. The van der Waals surface area contributed by atoms with Crippen LogP contribution in [0.25, 0.3) is 0 Å². The zero-order valence-corrected chi connectivity index (χ0v) is 11.3. The Morgan fingerprint density at radius 2 is 1.84 bits per heavy atom. The number of hydrogen-bond donors (Lipinski definition) is 1. The maximum atomic E-state index is 12.8. The lowest BCUT2D eigenvalue weighted by molar-refractivity contribution is -0.144. The summed E-state index contributed by atoms with van der Waals surface area (Å²) in [4.78, 5) is 11.5. The third-order valence-corrected chi connectivity index (χ3v) is 2.55. The van der Waals surface area contributed by atoms with Gasteiger partial charge in [0.05, 0.1) is 0 Å². The molecule has 1 rings (SSSR count). The van der Waals surface area contributed by atoms with E-state index in [4.69, 9.17) is 0 Å². The summed E-state index contributed by atoms with van der Waals surface area (Å²) in [5, 5.41) is 3.17. The van der Waals surface area contributed by atoms with Crippen molar-refractivity contribution in [3.8, 4) is 0 Å². The number of nitrogens with one attached hydrogen (secondary N) is 1. The molecule has 0 aliphatic heterocycles. The summed E-state index contributed by atoms with van der Waals surface area (Å²) in [5.41, 5.74) is -1.60. The highest BCUT2D eigenvalue weighted by molar-refractivity contribution is 5.10. The van der Waals surface area contributed by atoms with Gasteiger partial charge in [-0.25, -0.2) is 0 Å². The predicted octanol–water partition coefficient (Wildman–Crippen LogP) is 2.65. The minimum Gasteiger partial charge on any atom is -0.312 e. The van der Waals surface area contributed by atoms with E-state index in [0.29, 0.717) is 13.0 Å². The average molecular weight is 276 g/mol. The molecule has 0 aliphatic rings. The van der Waals surface area contributed by atoms with E-state index in [0.717, 1.165) is 22.8 Å². The monoisotopic (exact) mass is 276 g/mol. The molecule has 0 bridgehead atoms. The van der Waals surface area contributed by atoms with Crippen molar-refractivity contribution in [1.82, 2.24) is 9.88 Å². The fourth-order valence-electron chi connectivity index (χ4n) is 1.70. The van der Waals surface area contributed by atoms with Crippen LogP contribution in [0.15, 0.2) is 23.0 Å². The Bertz CT molecular complexity index is 472. The van der Waals surface area contributed by atoms with E-state index in [1.807, 2.05) is 20.8 Å². The van der Waals surface area contributed by atoms with Crippen LogP contribution in [0.3, 0.4) is 0 Å². The second kappa shape index (κ2) is 5.77. The molecule has 19 heavy (non-hydrogen) atoms. The van der Waals surface area contributed by atoms with Crippen molar-refractivity contribution in [1.29, 1.82) is 0 Å². The van der Waals surface area contributed by atoms with Gasteiger partial charge in [-0.05, 0) is 39.8 Å². The summed E-state index contributed by atoms with van der Waals surface area (Å²) in [5.74, 6) is 0. The molecule has 1 heterocycles. The Hall–Kier alpha value is -1.30. The zero-order valence-electron chi connectivity index (χ0n) is 11.3. The summed E-state index contributed by atoms with van der Waals surface area (Å²) in [6, 6.07) is 3.21. The van der Waals surface area contributed by atoms with Gasteiger partial charge in [0.2, 0.25) is 0 Å². The Labute approximate surface area is 110 Å². The third-order valence-electron chi connectivity index (χ3n) is 2.55. The summed E-state index contributed by atoms with van der Waals surface area (Å²) in [6.07, 6.45) is -4.04. The SMILES string of the molecule is CC(C)(C)NCCCn1c(C(F)(F)F)cccc1=O. The van der Waals surface area contributed by atoms with E-state index >= 15 is 0 Å². The van der Waals surface area contributed by atoms with Gasteiger partial charge in [0.1, 0.15) is 5.69 Å².